The summed E-state index contributed by atoms with van der Waals surface area (Å²) >= 11 is 0. The number of halogens is 5. The molecule has 1 aliphatic heterocycles. The molecule has 0 aromatic heterocycles. The second-order valence-corrected chi connectivity index (χ2v) is 6.28. The smallest absolute Gasteiger partial charge is 0.331 e. The van der Waals surface area contributed by atoms with E-state index >= 15 is 0 Å². The van der Waals surface area contributed by atoms with Crippen LogP contribution < -0.4 is 4.74 Å². The molecule has 0 radical (unpaired) electrons. The van der Waals surface area contributed by atoms with E-state index in [-0.39, 0.29) is 11.1 Å². The van der Waals surface area contributed by atoms with Gasteiger partial charge in [-0.3, -0.25) is 14.5 Å². The van der Waals surface area contributed by atoms with Crippen molar-refractivity contribution in [1.82, 2.24) is 4.90 Å². The molecule has 0 spiro atoms. The predicted molar refractivity (Wildman–Crippen MR) is 91.2 cm³/mol. The van der Waals surface area contributed by atoms with E-state index in [1.807, 2.05) is 0 Å². The summed E-state index contributed by atoms with van der Waals surface area (Å²) in [5.74, 6) is -16.9. The normalized spacial score (nSPS) is 13.2. The molecule has 1 aliphatic rings. The molecular formula is C20H8F5NO4. The molecule has 0 aliphatic carbocycles. The monoisotopic (exact) mass is 421 g/mol. The minimum Gasteiger partial charge on any atom is -0.419 e. The number of benzene rings is 3. The highest BCUT2D eigenvalue weighted by atomic mass is 19.2. The zero-order valence-corrected chi connectivity index (χ0v) is 14.6. The lowest BCUT2D eigenvalue weighted by Crippen LogP contribution is -2.44. The molecule has 30 heavy (non-hydrogen) atoms. The minimum atomic E-state index is -2.42. The second-order valence-electron chi connectivity index (χ2n) is 6.28. The Hall–Kier alpha value is -3.82. The maximum atomic E-state index is 13.7. The third kappa shape index (κ3) is 2.79. The lowest BCUT2D eigenvalue weighted by Gasteiger charge is -2.26. The van der Waals surface area contributed by atoms with Crippen LogP contribution in [-0.2, 0) is 4.79 Å². The van der Waals surface area contributed by atoms with Crippen LogP contribution in [0.15, 0.2) is 36.4 Å². The first kappa shape index (κ1) is 19.5. The van der Waals surface area contributed by atoms with Gasteiger partial charge >= 0.3 is 5.97 Å². The van der Waals surface area contributed by atoms with E-state index in [1.54, 1.807) is 24.3 Å². The third-order valence-corrected chi connectivity index (χ3v) is 4.53. The molecule has 1 heterocycles. The summed E-state index contributed by atoms with van der Waals surface area (Å²) in [6.07, 6.45) is 0. The number of amides is 2. The van der Waals surface area contributed by atoms with E-state index in [0.29, 0.717) is 15.7 Å². The lowest BCUT2D eigenvalue weighted by atomic mass is 9.94. The fraction of sp³-hybridized carbons (Fsp3) is 0.0500. The number of nitrogens with zero attached hydrogens (tertiary/aromatic N) is 1. The minimum absolute atomic E-state index is 0.103. The zero-order chi connectivity index (χ0) is 21.7. The van der Waals surface area contributed by atoms with Crippen molar-refractivity contribution in [2.24, 2.45) is 0 Å². The first-order chi connectivity index (χ1) is 14.2. The van der Waals surface area contributed by atoms with Gasteiger partial charge in [0, 0.05) is 16.5 Å². The highest BCUT2D eigenvalue weighted by molar-refractivity contribution is 6.26. The summed E-state index contributed by atoms with van der Waals surface area (Å²) in [5, 5.41) is 0.981. The Morgan fingerprint density at radius 2 is 1.23 bits per heavy atom. The van der Waals surface area contributed by atoms with Crippen molar-refractivity contribution in [1.29, 1.82) is 0 Å². The number of imide groups is 1. The van der Waals surface area contributed by atoms with Gasteiger partial charge in [0.2, 0.25) is 34.8 Å². The molecule has 3 aromatic rings. The SMILES string of the molecule is O=C(CN1C(=O)c2cccc3cccc(c23)C1=O)Oc1c(F)c(F)c(F)c(F)c1F. The van der Waals surface area contributed by atoms with Gasteiger partial charge in [0.15, 0.2) is 0 Å². The van der Waals surface area contributed by atoms with Gasteiger partial charge in [-0.1, -0.05) is 24.3 Å². The van der Waals surface area contributed by atoms with Gasteiger partial charge in [-0.2, -0.15) is 8.78 Å². The molecule has 5 nitrogen and oxygen atoms in total. The van der Waals surface area contributed by atoms with Crippen LogP contribution in [0.2, 0.25) is 0 Å². The molecule has 0 fully saturated rings. The van der Waals surface area contributed by atoms with Crippen molar-refractivity contribution in [3.8, 4) is 5.75 Å². The molecular weight excluding hydrogens is 413 g/mol. The molecule has 0 bridgehead atoms. The molecule has 0 saturated heterocycles. The van der Waals surface area contributed by atoms with Gasteiger partial charge in [-0.15, -0.1) is 0 Å². The van der Waals surface area contributed by atoms with E-state index in [2.05, 4.69) is 4.74 Å². The Kier molecular flexibility index (Phi) is 4.49. The van der Waals surface area contributed by atoms with Crippen LogP contribution in [0.5, 0.6) is 5.75 Å². The van der Waals surface area contributed by atoms with Gasteiger partial charge in [0.1, 0.15) is 6.54 Å². The number of rotatable bonds is 3. The maximum absolute atomic E-state index is 13.7. The van der Waals surface area contributed by atoms with E-state index in [4.69, 9.17) is 0 Å². The highest BCUT2D eigenvalue weighted by Crippen LogP contribution is 2.31. The molecule has 152 valence electrons. The Morgan fingerprint density at radius 3 is 1.73 bits per heavy atom. The quantitative estimate of drug-likeness (QED) is 0.161. The van der Waals surface area contributed by atoms with Crippen LogP contribution in [0.3, 0.4) is 0 Å². The van der Waals surface area contributed by atoms with E-state index in [9.17, 15) is 36.3 Å². The average molecular weight is 421 g/mol. The summed E-state index contributed by atoms with van der Waals surface area (Å²) in [6, 6.07) is 9.30. The highest BCUT2D eigenvalue weighted by Gasteiger charge is 2.35. The Bertz CT molecular complexity index is 1190. The molecule has 10 heteroatoms. The Labute approximate surface area is 164 Å². The molecule has 0 unspecified atom stereocenters. The fourth-order valence-electron chi connectivity index (χ4n) is 3.17. The first-order valence-corrected chi connectivity index (χ1v) is 8.32. The third-order valence-electron chi connectivity index (χ3n) is 4.53. The van der Waals surface area contributed by atoms with Crippen LogP contribution >= 0.6 is 0 Å². The van der Waals surface area contributed by atoms with Crippen molar-refractivity contribution in [3.63, 3.8) is 0 Å². The number of carbonyl (C=O) groups is 3. The van der Waals surface area contributed by atoms with Crippen LogP contribution in [0.1, 0.15) is 20.7 Å². The van der Waals surface area contributed by atoms with Gasteiger partial charge in [-0.25, -0.2) is 18.0 Å². The zero-order valence-electron chi connectivity index (χ0n) is 14.6. The maximum Gasteiger partial charge on any atom is 0.331 e. The van der Waals surface area contributed by atoms with E-state index < -0.39 is 59.2 Å². The molecule has 0 saturated carbocycles. The number of hydrogen-bond donors (Lipinski definition) is 0. The number of carbonyl (C=O) groups excluding carboxylic acids is 3. The van der Waals surface area contributed by atoms with Crippen LogP contribution in [0.4, 0.5) is 22.0 Å². The van der Waals surface area contributed by atoms with E-state index in [1.165, 1.54) is 12.1 Å². The second kappa shape index (κ2) is 6.90. The summed E-state index contributed by atoms with van der Waals surface area (Å²) in [4.78, 5) is 37.9. The van der Waals surface area contributed by atoms with E-state index in [0.717, 1.165) is 0 Å². The summed E-state index contributed by atoms with van der Waals surface area (Å²) in [5.41, 5.74) is 0.207. The fourth-order valence-corrected chi connectivity index (χ4v) is 3.17. The number of hydrogen-bond acceptors (Lipinski definition) is 4. The van der Waals surface area contributed by atoms with Gasteiger partial charge in [0.05, 0.1) is 0 Å². The summed E-state index contributed by atoms with van der Waals surface area (Å²) in [6.45, 7) is -1.11. The number of ether oxygens (including phenoxy) is 1. The Morgan fingerprint density at radius 1 is 0.767 bits per heavy atom. The summed E-state index contributed by atoms with van der Waals surface area (Å²) < 4.78 is 71.3. The van der Waals surface area contributed by atoms with Crippen molar-refractivity contribution in [2.75, 3.05) is 6.54 Å². The average Bonchev–Trinajstić information content (AvgIpc) is 2.75. The summed E-state index contributed by atoms with van der Waals surface area (Å²) in [7, 11) is 0. The Balaban J connectivity index is 1.66. The van der Waals surface area contributed by atoms with Crippen LogP contribution in [-0.4, -0.2) is 29.2 Å². The lowest BCUT2D eigenvalue weighted by molar-refractivity contribution is -0.135. The molecule has 4 rings (SSSR count). The predicted octanol–water partition coefficient (Wildman–Crippen LogP) is 3.74. The molecule has 3 aromatic carbocycles. The van der Waals surface area contributed by atoms with Gasteiger partial charge in [0.25, 0.3) is 11.8 Å². The number of esters is 1. The van der Waals surface area contributed by atoms with Crippen LogP contribution in [0.25, 0.3) is 10.8 Å². The standard InChI is InChI=1S/C20H8F5NO4/c21-13-14(22)16(24)18(17(25)15(13)23)30-11(27)7-26-19(28)9-5-1-3-8-4-2-6-10(12(8)9)20(26)29/h1-6H,7H2. The first-order valence-electron chi connectivity index (χ1n) is 8.32. The van der Waals surface area contributed by atoms with Gasteiger partial charge in [-0.05, 0) is 17.5 Å². The largest absolute Gasteiger partial charge is 0.419 e. The molecule has 0 atom stereocenters. The molecule has 2 amide bonds. The van der Waals surface area contributed by atoms with Crippen molar-refractivity contribution < 1.29 is 41.1 Å². The van der Waals surface area contributed by atoms with Crippen molar-refractivity contribution in [2.45, 2.75) is 0 Å². The van der Waals surface area contributed by atoms with Crippen molar-refractivity contribution in [3.05, 3.63) is 76.6 Å². The molecule has 0 N–H and O–H groups in total. The topological polar surface area (TPSA) is 63.7 Å². The van der Waals surface area contributed by atoms with Crippen LogP contribution in [0, 0.1) is 29.1 Å². The van der Waals surface area contributed by atoms with Gasteiger partial charge < -0.3 is 4.74 Å². The van der Waals surface area contributed by atoms with Crippen molar-refractivity contribution >= 4 is 28.6 Å².